The van der Waals surface area contributed by atoms with E-state index in [2.05, 4.69) is 0 Å². The van der Waals surface area contributed by atoms with Crippen molar-refractivity contribution in [2.75, 3.05) is 6.79 Å². The Bertz CT molecular complexity index is 770. The summed E-state index contributed by atoms with van der Waals surface area (Å²) < 4.78 is 12.0. The first-order valence-electron chi connectivity index (χ1n) is 10.5. The highest BCUT2D eigenvalue weighted by Crippen LogP contribution is 2.54. The highest BCUT2D eigenvalue weighted by atomic mass is 16.7. The second-order valence-corrected chi connectivity index (χ2v) is 8.89. The van der Waals surface area contributed by atoms with Gasteiger partial charge in [-0.15, -0.1) is 0 Å². The smallest absolute Gasteiger partial charge is 0.189 e. The van der Waals surface area contributed by atoms with Gasteiger partial charge in [0.2, 0.25) is 0 Å². The summed E-state index contributed by atoms with van der Waals surface area (Å²) in [6.07, 6.45) is 6.51. The Hall–Kier alpha value is -2.04. The predicted molar refractivity (Wildman–Crippen MR) is 106 cm³/mol. The molecule has 2 aromatic carbocycles. The van der Waals surface area contributed by atoms with Gasteiger partial charge in [0.1, 0.15) is 17.6 Å². The molecule has 0 aromatic heterocycles. The lowest BCUT2D eigenvalue weighted by atomic mass is 9.55. The Kier molecular flexibility index (Phi) is 4.77. The first-order valence-corrected chi connectivity index (χ1v) is 10.5. The number of aliphatic hydroxyl groups excluding tert-OH is 1. The van der Waals surface area contributed by atoms with Gasteiger partial charge in [0.15, 0.2) is 6.79 Å². The minimum atomic E-state index is -0.723. The van der Waals surface area contributed by atoms with Gasteiger partial charge in [0.25, 0.3) is 0 Å². The molecule has 6 rings (SSSR count). The van der Waals surface area contributed by atoms with Gasteiger partial charge in [-0.25, -0.2) is 0 Å². The molecule has 28 heavy (non-hydrogen) atoms. The number of benzene rings is 2. The summed E-state index contributed by atoms with van der Waals surface area (Å²) in [4.78, 5) is 0. The number of phenolic OH excluding ortho intramolecular Hbond substituents is 1. The number of rotatable bonds is 6. The molecule has 0 saturated heterocycles. The summed E-state index contributed by atoms with van der Waals surface area (Å²) in [5.74, 6) is 4.33. The Morgan fingerprint density at radius 2 is 1.32 bits per heavy atom. The van der Waals surface area contributed by atoms with Crippen LogP contribution in [0.25, 0.3) is 0 Å². The molecule has 4 heteroatoms. The maximum absolute atomic E-state index is 10.5. The van der Waals surface area contributed by atoms with Crippen molar-refractivity contribution >= 4 is 0 Å². The van der Waals surface area contributed by atoms with Crippen LogP contribution in [0.15, 0.2) is 48.5 Å². The van der Waals surface area contributed by atoms with Crippen LogP contribution in [0.2, 0.25) is 0 Å². The van der Waals surface area contributed by atoms with Crippen LogP contribution in [0.3, 0.4) is 0 Å². The van der Waals surface area contributed by atoms with Crippen LogP contribution in [-0.2, 0) is 4.74 Å². The van der Waals surface area contributed by atoms with E-state index in [-0.39, 0.29) is 5.75 Å². The molecule has 1 unspecified atom stereocenters. The minimum Gasteiger partial charge on any atom is -0.508 e. The summed E-state index contributed by atoms with van der Waals surface area (Å²) in [6, 6.07) is 14.1. The summed E-state index contributed by atoms with van der Waals surface area (Å²) in [6.45, 7) is 0.298. The van der Waals surface area contributed by atoms with E-state index in [1.165, 1.54) is 32.1 Å². The minimum absolute atomic E-state index is 0.193. The number of hydrogen-bond donors (Lipinski definition) is 2. The Labute approximate surface area is 166 Å². The van der Waals surface area contributed by atoms with E-state index in [1.807, 2.05) is 24.3 Å². The molecule has 0 amide bonds. The molecule has 4 fully saturated rings. The monoisotopic (exact) mass is 380 g/mol. The van der Waals surface area contributed by atoms with Crippen LogP contribution in [0.5, 0.6) is 11.5 Å². The summed E-state index contributed by atoms with van der Waals surface area (Å²) in [7, 11) is 0. The molecule has 0 radical (unpaired) electrons. The van der Waals surface area contributed by atoms with Gasteiger partial charge in [-0.05, 0) is 91.2 Å². The number of aliphatic hydroxyl groups is 1. The summed E-state index contributed by atoms with van der Waals surface area (Å²) >= 11 is 0. The first kappa shape index (κ1) is 18.0. The molecule has 2 N–H and O–H groups in total. The van der Waals surface area contributed by atoms with Gasteiger partial charge in [-0.3, -0.25) is 0 Å². The van der Waals surface area contributed by atoms with Crippen molar-refractivity contribution in [3.63, 3.8) is 0 Å². The zero-order valence-corrected chi connectivity index (χ0v) is 16.0. The molecule has 4 aliphatic rings. The molecule has 0 spiro atoms. The van der Waals surface area contributed by atoms with E-state index < -0.39 is 6.10 Å². The van der Waals surface area contributed by atoms with Crippen molar-refractivity contribution in [2.24, 2.45) is 23.7 Å². The predicted octanol–water partition coefficient (Wildman–Crippen LogP) is 4.65. The average molecular weight is 380 g/mol. The zero-order chi connectivity index (χ0) is 19.1. The molecule has 148 valence electrons. The lowest BCUT2D eigenvalue weighted by molar-refractivity contribution is -0.155. The molecule has 4 nitrogen and oxygen atoms in total. The fraction of sp³-hybridized carbons (Fsp3) is 0.500. The third kappa shape index (κ3) is 3.51. The van der Waals surface area contributed by atoms with Crippen LogP contribution in [0.4, 0.5) is 0 Å². The maximum Gasteiger partial charge on any atom is 0.189 e. The molecule has 4 aliphatic carbocycles. The number of ether oxygens (including phenoxy) is 2. The molecular weight excluding hydrogens is 352 g/mol. The van der Waals surface area contributed by atoms with Crippen molar-refractivity contribution < 1.29 is 19.7 Å². The third-order valence-corrected chi connectivity index (χ3v) is 7.03. The molecule has 2 aromatic rings. The highest BCUT2D eigenvalue weighted by molar-refractivity contribution is 5.36. The standard InChI is InChI=1S/C24H28O4/c25-21-5-1-17(2-6-21)23(26)18-3-7-22(8-4-18)27-14-28-24-19-10-15-9-16(12-19)13-20(24)11-15/h1-8,15-16,19-20,23-26H,9-14H2. The molecule has 0 aliphatic heterocycles. The van der Waals surface area contributed by atoms with E-state index in [4.69, 9.17) is 9.47 Å². The van der Waals surface area contributed by atoms with Crippen LogP contribution in [0, 0.1) is 23.7 Å². The Balaban J connectivity index is 1.15. The molecular formula is C24H28O4. The van der Waals surface area contributed by atoms with Crippen molar-refractivity contribution in [1.82, 2.24) is 0 Å². The number of hydrogen-bond acceptors (Lipinski definition) is 4. The van der Waals surface area contributed by atoms with Gasteiger partial charge in [-0.2, -0.15) is 0 Å². The van der Waals surface area contributed by atoms with Crippen molar-refractivity contribution in [1.29, 1.82) is 0 Å². The summed E-state index contributed by atoms with van der Waals surface area (Å²) in [5, 5.41) is 19.9. The van der Waals surface area contributed by atoms with Crippen molar-refractivity contribution in [2.45, 2.75) is 44.3 Å². The van der Waals surface area contributed by atoms with Crippen LogP contribution in [0.1, 0.15) is 49.3 Å². The molecule has 4 saturated carbocycles. The van der Waals surface area contributed by atoms with Gasteiger partial charge in [-0.1, -0.05) is 24.3 Å². The van der Waals surface area contributed by atoms with E-state index in [0.717, 1.165) is 40.5 Å². The number of phenols is 1. The topological polar surface area (TPSA) is 58.9 Å². The van der Waals surface area contributed by atoms with E-state index in [0.29, 0.717) is 12.9 Å². The fourth-order valence-corrected chi connectivity index (χ4v) is 5.92. The van der Waals surface area contributed by atoms with E-state index in [9.17, 15) is 10.2 Å². The van der Waals surface area contributed by atoms with Crippen molar-refractivity contribution in [3.8, 4) is 11.5 Å². The lowest BCUT2D eigenvalue weighted by Gasteiger charge is -2.53. The van der Waals surface area contributed by atoms with Crippen LogP contribution < -0.4 is 4.74 Å². The summed E-state index contributed by atoms with van der Waals surface area (Å²) in [5.41, 5.74) is 1.54. The van der Waals surface area contributed by atoms with Gasteiger partial charge in [0.05, 0.1) is 6.10 Å². The third-order valence-electron chi connectivity index (χ3n) is 7.03. The quantitative estimate of drug-likeness (QED) is 0.716. The Morgan fingerprint density at radius 1 is 0.786 bits per heavy atom. The largest absolute Gasteiger partial charge is 0.508 e. The fourth-order valence-electron chi connectivity index (χ4n) is 5.92. The first-order chi connectivity index (χ1) is 13.7. The second-order valence-electron chi connectivity index (χ2n) is 8.89. The maximum atomic E-state index is 10.5. The van der Waals surface area contributed by atoms with E-state index >= 15 is 0 Å². The van der Waals surface area contributed by atoms with Crippen molar-refractivity contribution in [3.05, 3.63) is 59.7 Å². The van der Waals surface area contributed by atoms with Gasteiger partial charge in [0, 0.05) is 0 Å². The number of aromatic hydroxyl groups is 1. The molecule has 0 heterocycles. The van der Waals surface area contributed by atoms with E-state index in [1.54, 1.807) is 24.3 Å². The average Bonchev–Trinajstić information content (AvgIpc) is 2.70. The molecule has 4 bridgehead atoms. The highest BCUT2D eigenvalue weighted by Gasteiger charge is 2.48. The van der Waals surface area contributed by atoms with Gasteiger partial charge < -0.3 is 19.7 Å². The van der Waals surface area contributed by atoms with Crippen LogP contribution >= 0.6 is 0 Å². The zero-order valence-electron chi connectivity index (χ0n) is 16.0. The lowest BCUT2D eigenvalue weighted by Crippen LogP contribution is -2.49. The Morgan fingerprint density at radius 3 is 1.89 bits per heavy atom. The second kappa shape index (κ2) is 7.41. The molecule has 1 atom stereocenters. The SMILES string of the molecule is Oc1ccc(C(O)c2ccc(OCOC3C4CC5CC(C4)CC3C5)cc2)cc1. The van der Waals surface area contributed by atoms with Crippen LogP contribution in [-0.4, -0.2) is 23.1 Å². The normalized spacial score (nSPS) is 31.7. The van der Waals surface area contributed by atoms with Gasteiger partial charge >= 0.3 is 0 Å².